The number of ether oxygens (including phenoxy) is 1. The first kappa shape index (κ1) is 22.3. The largest absolute Gasteiger partial charge is 0.508 e. The first-order valence-electron chi connectivity index (χ1n) is 11.5. The molecule has 32 heavy (non-hydrogen) atoms. The van der Waals surface area contributed by atoms with E-state index in [0.717, 1.165) is 49.3 Å². The second kappa shape index (κ2) is 8.54. The minimum atomic E-state index is 0. The summed E-state index contributed by atoms with van der Waals surface area (Å²) in [6, 6.07) is 14.5. The van der Waals surface area contributed by atoms with Crippen molar-refractivity contribution in [1.29, 1.82) is 0 Å². The third-order valence-corrected chi connectivity index (χ3v) is 6.94. The average molecular weight is 430 g/mol. The van der Waals surface area contributed by atoms with Crippen LogP contribution in [0.2, 0.25) is 0 Å². The van der Waals surface area contributed by atoms with Crippen LogP contribution in [0.15, 0.2) is 71.5 Å². The van der Waals surface area contributed by atoms with Crippen LogP contribution in [0, 0.1) is 0 Å². The lowest BCUT2D eigenvalue weighted by molar-refractivity contribution is 0.404. The summed E-state index contributed by atoms with van der Waals surface area (Å²) in [4.78, 5) is 2.56. The maximum absolute atomic E-state index is 9.88. The van der Waals surface area contributed by atoms with Crippen molar-refractivity contribution >= 4 is 11.8 Å². The number of fused-ring (bicyclic) bond motifs is 3. The Labute approximate surface area is 192 Å². The molecule has 3 aliphatic rings. The minimum absolute atomic E-state index is 0. The molecule has 1 aliphatic carbocycles. The Hall–Kier alpha value is -2.94. The van der Waals surface area contributed by atoms with Gasteiger partial charge in [-0.2, -0.15) is 0 Å². The van der Waals surface area contributed by atoms with E-state index in [4.69, 9.17) is 4.74 Å². The van der Waals surface area contributed by atoms with Gasteiger partial charge in [0.05, 0.1) is 6.04 Å². The Balaban J connectivity index is 0.00000245. The smallest absolute Gasteiger partial charge is 0.138 e. The van der Waals surface area contributed by atoms with E-state index >= 15 is 0 Å². The Morgan fingerprint density at radius 1 is 1.16 bits per heavy atom. The zero-order valence-corrected chi connectivity index (χ0v) is 18.7. The lowest BCUT2D eigenvalue weighted by Gasteiger charge is -2.33. The molecule has 5 rings (SSSR count). The van der Waals surface area contributed by atoms with Gasteiger partial charge >= 0.3 is 0 Å². The van der Waals surface area contributed by atoms with E-state index in [1.165, 1.54) is 22.4 Å². The molecule has 1 atom stereocenters. The number of para-hydroxylation sites is 1. The van der Waals surface area contributed by atoms with E-state index in [0.29, 0.717) is 6.04 Å². The molecule has 0 spiro atoms. The molecular weight excluding hydrogens is 394 g/mol. The fourth-order valence-corrected chi connectivity index (χ4v) is 5.38. The molecule has 3 nitrogen and oxygen atoms in total. The van der Waals surface area contributed by atoms with Gasteiger partial charge in [0.15, 0.2) is 0 Å². The van der Waals surface area contributed by atoms with Gasteiger partial charge in [-0.15, -0.1) is 0 Å². The number of hydrogen-bond acceptors (Lipinski definition) is 3. The lowest BCUT2D eigenvalue weighted by Crippen LogP contribution is -2.40. The fraction of sp³-hybridized carbons (Fsp3) is 0.379. The van der Waals surface area contributed by atoms with Crippen LogP contribution in [-0.4, -0.2) is 17.7 Å². The Kier molecular flexibility index (Phi) is 5.94. The summed E-state index contributed by atoms with van der Waals surface area (Å²) >= 11 is 0. The summed E-state index contributed by atoms with van der Waals surface area (Å²) in [5.41, 5.74) is 6.41. The second-order valence-electron chi connectivity index (χ2n) is 9.44. The normalized spacial score (nSPS) is 20.8. The van der Waals surface area contributed by atoms with Crippen LogP contribution in [0.5, 0.6) is 11.5 Å². The highest BCUT2D eigenvalue weighted by Gasteiger charge is 2.42. The van der Waals surface area contributed by atoms with Gasteiger partial charge in [0.1, 0.15) is 17.3 Å². The summed E-state index contributed by atoms with van der Waals surface area (Å²) < 4.78 is 6.32. The highest BCUT2D eigenvalue weighted by atomic mass is 16.5. The molecule has 2 aromatic rings. The number of rotatable bonds is 4. The van der Waals surface area contributed by atoms with Gasteiger partial charge in [-0.3, -0.25) is 0 Å². The van der Waals surface area contributed by atoms with Crippen molar-refractivity contribution in [3.8, 4) is 11.5 Å². The molecule has 3 heteroatoms. The molecule has 2 aliphatic heterocycles. The molecule has 0 bridgehead atoms. The van der Waals surface area contributed by atoms with Gasteiger partial charge in [0.25, 0.3) is 0 Å². The fourth-order valence-electron chi connectivity index (χ4n) is 5.38. The lowest BCUT2D eigenvalue weighted by atomic mass is 9.80. The molecule has 1 N–H and O–H groups in total. The monoisotopic (exact) mass is 429 g/mol. The SMILES string of the molecule is C.CCCN1c2ccccc2C(C)(C)C1/C=C/C1=C2Oc3cc(O)ccc3C=C2CCC1. The third kappa shape index (κ3) is 3.64. The summed E-state index contributed by atoms with van der Waals surface area (Å²) in [5.74, 6) is 1.97. The number of phenols is 1. The molecule has 168 valence electrons. The molecule has 1 unspecified atom stereocenters. The van der Waals surface area contributed by atoms with E-state index in [-0.39, 0.29) is 18.6 Å². The van der Waals surface area contributed by atoms with E-state index in [1.54, 1.807) is 12.1 Å². The van der Waals surface area contributed by atoms with E-state index in [9.17, 15) is 5.11 Å². The van der Waals surface area contributed by atoms with Crippen LogP contribution in [0.3, 0.4) is 0 Å². The summed E-state index contributed by atoms with van der Waals surface area (Å²) in [6.07, 6.45) is 11.2. The highest BCUT2D eigenvalue weighted by Crippen LogP contribution is 2.46. The molecule has 0 saturated carbocycles. The van der Waals surface area contributed by atoms with Crippen molar-refractivity contribution in [1.82, 2.24) is 0 Å². The number of phenolic OH excluding ortho intramolecular Hbond substituents is 1. The minimum Gasteiger partial charge on any atom is -0.508 e. The third-order valence-electron chi connectivity index (χ3n) is 6.94. The Morgan fingerprint density at radius 3 is 2.78 bits per heavy atom. The highest BCUT2D eigenvalue weighted by molar-refractivity contribution is 5.69. The molecule has 0 fully saturated rings. The van der Waals surface area contributed by atoms with Crippen molar-refractivity contribution in [2.24, 2.45) is 0 Å². The first-order chi connectivity index (χ1) is 15.0. The van der Waals surface area contributed by atoms with Crippen molar-refractivity contribution in [3.63, 3.8) is 0 Å². The Bertz CT molecular complexity index is 1110. The predicted octanol–water partition coefficient (Wildman–Crippen LogP) is 7.37. The van der Waals surface area contributed by atoms with Crippen LogP contribution in [0.1, 0.15) is 65.0 Å². The summed E-state index contributed by atoms with van der Waals surface area (Å²) in [7, 11) is 0. The standard InChI is InChI=1S/C28H31NO2.CH4/c1-4-16-29-24-11-6-5-10-23(24)28(2,3)26(29)15-13-19-8-7-9-21-17-20-12-14-22(30)18-25(20)31-27(19)21;/h5-6,10-15,17-18,26,30H,4,7-9,16H2,1-3H3;1H4/b15-13+;. The maximum atomic E-state index is 9.88. The van der Waals surface area contributed by atoms with Gasteiger partial charge in [-0.05, 0) is 66.7 Å². The molecular formula is C29H35NO2. The van der Waals surface area contributed by atoms with Crippen molar-refractivity contribution in [3.05, 3.63) is 82.6 Å². The van der Waals surface area contributed by atoms with Crippen LogP contribution in [0.4, 0.5) is 5.69 Å². The molecule has 0 amide bonds. The summed E-state index contributed by atoms with van der Waals surface area (Å²) in [5, 5.41) is 9.88. The van der Waals surface area contributed by atoms with Gasteiger partial charge in [-0.1, -0.05) is 58.5 Å². The molecule has 2 heterocycles. The van der Waals surface area contributed by atoms with Crippen LogP contribution in [0.25, 0.3) is 6.08 Å². The zero-order valence-electron chi connectivity index (χ0n) is 18.7. The number of hydrogen-bond donors (Lipinski definition) is 1. The zero-order chi connectivity index (χ0) is 21.6. The maximum Gasteiger partial charge on any atom is 0.138 e. The predicted molar refractivity (Wildman–Crippen MR) is 134 cm³/mol. The first-order valence-corrected chi connectivity index (χ1v) is 11.5. The number of nitrogens with zero attached hydrogens (tertiary/aromatic N) is 1. The van der Waals surface area contributed by atoms with E-state index < -0.39 is 0 Å². The molecule has 2 aromatic carbocycles. The number of benzene rings is 2. The van der Waals surface area contributed by atoms with Crippen LogP contribution < -0.4 is 9.64 Å². The Morgan fingerprint density at radius 2 is 1.97 bits per heavy atom. The van der Waals surface area contributed by atoms with Crippen molar-refractivity contribution in [2.75, 3.05) is 11.4 Å². The molecule has 0 saturated heterocycles. The van der Waals surface area contributed by atoms with Gasteiger partial charge in [0, 0.05) is 29.3 Å². The topological polar surface area (TPSA) is 32.7 Å². The summed E-state index contributed by atoms with van der Waals surface area (Å²) in [6.45, 7) is 8.02. The van der Waals surface area contributed by atoms with Crippen LogP contribution in [-0.2, 0) is 5.41 Å². The molecule has 0 radical (unpaired) electrons. The average Bonchev–Trinajstić information content (AvgIpc) is 2.98. The molecule has 0 aromatic heterocycles. The number of anilines is 1. The van der Waals surface area contributed by atoms with Gasteiger partial charge in [0.2, 0.25) is 0 Å². The van der Waals surface area contributed by atoms with Crippen molar-refractivity contribution < 1.29 is 9.84 Å². The van der Waals surface area contributed by atoms with E-state index in [2.05, 4.69) is 68.2 Å². The quantitative estimate of drug-likeness (QED) is 0.550. The second-order valence-corrected chi connectivity index (χ2v) is 9.44. The van der Waals surface area contributed by atoms with Gasteiger partial charge in [-0.25, -0.2) is 0 Å². The van der Waals surface area contributed by atoms with E-state index in [1.807, 2.05) is 6.07 Å². The number of allylic oxidation sites excluding steroid dienone is 3. The van der Waals surface area contributed by atoms with Crippen LogP contribution >= 0.6 is 0 Å². The van der Waals surface area contributed by atoms with Gasteiger partial charge < -0.3 is 14.7 Å². The van der Waals surface area contributed by atoms with Crippen molar-refractivity contribution in [2.45, 2.75) is 65.3 Å². The number of aromatic hydroxyl groups is 1.